The van der Waals surface area contributed by atoms with Crippen molar-refractivity contribution < 1.29 is 19.1 Å². The third-order valence-corrected chi connectivity index (χ3v) is 4.55. The third-order valence-electron chi connectivity index (χ3n) is 4.55. The number of nitrogens with two attached hydrogens (primary N) is 1. The Balaban J connectivity index is 1.48. The number of carbonyl (C=O) groups is 3. The molecule has 9 heteroatoms. The van der Waals surface area contributed by atoms with Gasteiger partial charge in [0.05, 0.1) is 24.8 Å². The molecule has 0 aliphatic carbocycles. The minimum Gasteiger partial charge on any atom is -0.379 e. The first-order chi connectivity index (χ1) is 12.0. The van der Waals surface area contributed by atoms with E-state index in [0.29, 0.717) is 25.1 Å². The standard InChI is InChI=1S/C16H23N5O4/c17-15(23)13-7-11(9-18-13)16(24)19-12-8-14(22)21(10-12)2-1-20-3-5-25-6-4-20/h7,9,12,18H,1-6,8,10H2,(H2,17,23)(H,19,24). The molecule has 25 heavy (non-hydrogen) atoms. The second-order valence-corrected chi connectivity index (χ2v) is 6.33. The van der Waals surface area contributed by atoms with Crippen molar-refractivity contribution in [3.05, 3.63) is 23.5 Å². The lowest BCUT2D eigenvalue weighted by molar-refractivity contribution is -0.128. The molecule has 0 spiro atoms. The van der Waals surface area contributed by atoms with Gasteiger partial charge in [-0.15, -0.1) is 0 Å². The summed E-state index contributed by atoms with van der Waals surface area (Å²) in [7, 11) is 0. The van der Waals surface area contributed by atoms with Gasteiger partial charge in [0.15, 0.2) is 0 Å². The summed E-state index contributed by atoms with van der Waals surface area (Å²) in [4.78, 5) is 42.1. The quantitative estimate of drug-likeness (QED) is 0.594. The van der Waals surface area contributed by atoms with E-state index in [1.54, 1.807) is 4.90 Å². The maximum atomic E-state index is 12.2. The number of hydrogen-bond donors (Lipinski definition) is 3. The Labute approximate surface area is 145 Å². The topological polar surface area (TPSA) is 121 Å². The molecule has 3 rings (SSSR count). The highest BCUT2D eigenvalue weighted by molar-refractivity contribution is 5.99. The number of hydrogen-bond acceptors (Lipinski definition) is 5. The first kappa shape index (κ1) is 17.4. The van der Waals surface area contributed by atoms with Gasteiger partial charge in [-0.2, -0.15) is 0 Å². The summed E-state index contributed by atoms with van der Waals surface area (Å²) >= 11 is 0. The fraction of sp³-hybridized carbons (Fsp3) is 0.562. The highest BCUT2D eigenvalue weighted by atomic mass is 16.5. The number of carbonyl (C=O) groups excluding carboxylic acids is 3. The van der Waals surface area contributed by atoms with Gasteiger partial charge < -0.3 is 25.7 Å². The Morgan fingerprint density at radius 2 is 2.08 bits per heavy atom. The summed E-state index contributed by atoms with van der Waals surface area (Å²) < 4.78 is 5.31. The van der Waals surface area contributed by atoms with Gasteiger partial charge in [-0.25, -0.2) is 0 Å². The van der Waals surface area contributed by atoms with Gasteiger partial charge in [0, 0.05) is 45.3 Å². The maximum Gasteiger partial charge on any atom is 0.265 e. The molecule has 1 aromatic rings. The minimum atomic E-state index is -0.621. The number of primary amides is 1. The molecule has 1 aromatic heterocycles. The zero-order chi connectivity index (χ0) is 17.8. The molecule has 0 saturated carbocycles. The molecule has 2 aliphatic rings. The van der Waals surface area contributed by atoms with Gasteiger partial charge >= 0.3 is 0 Å². The van der Waals surface area contributed by atoms with Crippen LogP contribution in [0.2, 0.25) is 0 Å². The van der Waals surface area contributed by atoms with Crippen molar-refractivity contribution >= 4 is 17.7 Å². The Morgan fingerprint density at radius 3 is 2.76 bits per heavy atom. The van der Waals surface area contributed by atoms with E-state index in [9.17, 15) is 14.4 Å². The van der Waals surface area contributed by atoms with Gasteiger partial charge in [0.1, 0.15) is 5.69 Å². The number of likely N-dealkylation sites (tertiary alicyclic amines) is 1. The predicted molar refractivity (Wildman–Crippen MR) is 89.0 cm³/mol. The smallest absolute Gasteiger partial charge is 0.265 e. The number of rotatable bonds is 6. The average Bonchev–Trinajstić information content (AvgIpc) is 3.21. The molecule has 3 amide bonds. The third kappa shape index (κ3) is 4.37. The number of aromatic amines is 1. The lowest BCUT2D eigenvalue weighted by Crippen LogP contribution is -2.42. The highest BCUT2D eigenvalue weighted by Crippen LogP contribution is 2.13. The molecule has 4 N–H and O–H groups in total. The van der Waals surface area contributed by atoms with Gasteiger partial charge in [-0.1, -0.05) is 0 Å². The van der Waals surface area contributed by atoms with Crippen LogP contribution in [0.25, 0.3) is 0 Å². The number of amides is 3. The summed E-state index contributed by atoms with van der Waals surface area (Å²) in [6, 6.07) is 1.18. The van der Waals surface area contributed by atoms with Crippen molar-refractivity contribution in [2.45, 2.75) is 12.5 Å². The van der Waals surface area contributed by atoms with Gasteiger partial charge in [0.25, 0.3) is 11.8 Å². The van der Waals surface area contributed by atoms with Crippen LogP contribution in [0.5, 0.6) is 0 Å². The number of nitrogens with one attached hydrogen (secondary N) is 2. The molecule has 2 aliphatic heterocycles. The second-order valence-electron chi connectivity index (χ2n) is 6.33. The van der Waals surface area contributed by atoms with Crippen molar-refractivity contribution in [2.24, 2.45) is 5.73 Å². The number of morpholine rings is 1. The Bertz CT molecular complexity index is 653. The van der Waals surface area contributed by atoms with E-state index in [4.69, 9.17) is 10.5 Å². The van der Waals surface area contributed by atoms with Crippen LogP contribution < -0.4 is 11.1 Å². The Kier molecular flexibility index (Phi) is 5.34. The summed E-state index contributed by atoms with van der Waals surface area (Å²) in [5, 5.41) is 2.84. The minimum absolute atomic E-state index is 0.0467. The van der Waals surface area contributed by atoms with Crippen LogP contribution in [0.4, 0.5) is 0 Å². The summed E-state index contributed by atoms with van der Waals surface area (Å²) in [5.41, 5.74) is 5.66. The summed E-state index contributed by atoms with van der Waals surface area (Å²) in [5.74, 6) is -0.897. The fourth-order valence-corrected chi connectivity index (χ4v) is 3.11. The number of H-pyrrole nitrogens is 1. The molecule has 2 saturated heterocycles. The van der Waals surface area contributed by atoms with Crippen molar-refractivity contribution in [3.63, 3.8) is 0 Å². The van der Waals surface area contributed by atoms with E-state index in [1.807, 2.05) is 0 Å². The molecule has 0 aromatic carbocycles. The molecular weight excluding hydrogens is 326 g/mol. The Morgan fingerprint density at radius 1 is 1.32 bits per heavy atom. The van der Waals surface area contributed by atoms with Crippen LogP contribution in [-0.4, -0.2) is 84.5 Å². The van der Waals surface area contributed by atoms with E-state index in [-0.39, 0.29) is 23.6 Å². The molecule has 0 bridgehead atoms. The van der Waals surface area contributed by atoms with E-state index in [1.165, 1.54) is 12.3 Å². The van der Waals surface area contributed by atoms with Crippen LogP contribution in [0, 0.1) is 0 Å². The van der Waals surface area contributed by atoms with Crippen molar-refractivity contribution in [2.75, 3.05) is 45.9 Å². The second kappa shape index (κ2) is 7.66. The molecule has 136 valence electrons. The summed E-state index contributed by atoms with van der Waals surface area (Å²) in [6.45, 7) is 5.21. The SMILES string of the molecule is NC(=O)c1cc(C(=O)NC2CC(=O)N(CCN3CCOCC3)C2)c[nH]1. The zero-order valence-corrected chi connectivity index (χ0v) is 14.0. The molecular formula is C16H23N5O4. The highest BCUT2D eigenvalue weighted by Gasteiger charge is 2.31. The van der Waals surface area contributed by atoms with Crippen LogP contribution >= 0.6 is 0 Å². The molecule has 9 nitrogen and oxygen atoms in total. The van der Waals surface area contributed by atoms with E-state index >= 15 is 0 Å². The van der Waals surface area contributed by atoms with Gasteiger partial charge in [0.2, 0.25) is 5.91 Å². The number of aromatic nitrogens is 1. The molecule has 0 radical (unpaired) electrons. The van der Waals surface area contributed by atoms with Gasteiger partial charge in [-0.3, -0.25) is 19.3 Å². The van der Waals surface area contributed by atoms with E-state index in [0.717, 1.165) is 32.8 Å². The number of nitrogens with zero attached hydrogens (tertiary/aromatic N) is 2. The molecule has 1 atom stereocenters. The molecule has 2 fully saturated rings. The average molecular weight is 349 g/mol. The van der Waals surface area contributed by atoms with E-state index < -0.39 is 5.91 Å². The normalized spacial score (nSPS) is 21.5. The molecule has 3 heterocycles. The number of ether oxygens (including phenoxy) is 1. The summed E-state index contributed by atoms with van der Waals surface area (Å²) in [6.07, 6.45) is 1.73. The van der Waals surface area contributed by atoms with Crippen LogP contribution in [0.15, 0.2) is 12.3 Å². The lowest BCUT2D eigenvalue weighted by Gasteiger charge is -2.28. The first-order valence-corrected chi connectivity index (χ1v) is 8.40. The predicted octanol–water partition coefficient (Wildman–Crippen LogP) is -1.22. The van der Waals surface area contributed by atoms with Crippen molar-refractivity contribution in [1.82, 2.24) is 20.1 Å². The monoisotopic (exact) mass is 349 g/mol. The van der Waals surface area contributed by atoms with Gasteiger partial charge in [-0.05, 0) is 6.07 Å². The van der Waals surface area contributed by atoms with Crippen LogP contribution in [0.1, 0.15) is 27.3 Å². The van der Waals surface area contributed by atoms with Crippen molar-refractivity contribution in [1.29, 1.82) is 0 Å². The van der Waals surface area contributed by atoms with Crippen LogP contribution in [-0.2, 0) is 9.53 Å². The lowest BCUT2D eigenvalue weighted by atomic mass is 10.2. The fourth-order valence-electron chi connectivity index (χ4n) is 3.11. The van der Waals surface area contributed by atoms with E-state index in [2.05, 4.69) is 15.2 Å². The van der Waals surface area contributed by atoms with Crippen LogP contribution in [0.3, 0.4) is 0 Å². The largest absolute Gasteiger partial charge is 0.379 e. The first-order valence-electron chi connectivity index (χ1n) is 8.40. The Hall–Kier alpha value is -2.39. The zero-order valence-electron chi connectivity index (χ0n) is 14.0. The maximum absolute atomic E-state index is 12.2. The molecule has 1 unspecified atom stereocenters. The van der Waals surface area contributed by atoms with Crippen molar-refractivity contribution in [3.8, 4) is 0 Å².